The Bertz CT molecular complexity index is 864. The number of pyridine rings is 1. The van der Waals surface area contributed by atoms with Gasteiger partial charge in [0.25, 0.3) is 0 Å². The van der Waals surface area contributed by atoms with Gasteiger partial charge in [0, 0.05) is 38.8 Å². The molecule has 0 saturated carbocycles. The van der Waals surface area contributed by atoms with Crippen LogP contribution in [0.5, 0.6) is 11.5 Å². The van der Waals surface area contributed by atoms with Gasteiger partial charge in [-0.2, -0.15) is 13.2 Å². The number of hydrogen-bond acceptors (Lipinski definition) is 5. The highest BCUT2D eigenvalue weighted by atomic mass is 19.4. The second-order valence-electron chi connectivity index (χ2n) is 6.96. The summed E-state index contributed by atoms with van der Waals surface area (Å²) in [6.07, 6.45) is -2.60. The summed E-state index contributed by atoms with van der Waals surface area (Å²) in [5, 5.41) is 0. The van der Waals surface area contributed by atoms with E-state index in [1.165, 1.54) is 6.07 Å². The van der Waals surface area contributed by atoms with Crippen LogP contribution in [0.4, 0.5) is 19.0 Å². The molecule has 1 saturated heterocycles. The van der Waals surface area contributed by atoms with Crippen molar-refractivity contribution >= 4 is 11.7 Å². The first-order chi connectivity index (χ1) is 14.3. The summed E-state index contributed by atoms with van der Waals surface area (Å²) in [4.78, 5) is 20.1. The molecule has 0 atom stereocenters. The largest absolute Gasteiger partial charge is 0.493 e. The zero-order valence-electron chi connectivity index (χ0n) is 16.9. The van der Waals surface area contributed by atoms with Crippen LogP contribution in [0.2, 0.25) is 0 Å². The van der Waals surface area contributed by atoms with Crippen molar-refractivity contribution in [3.8, 4) is 11.5 Å². The number of carbonyl (C=O) groups is 1. The minimum absolute atomic E-state index is 0.0461. The monoisotopic (exact) mass is 423 g/mol. The normalized spacial score (nSPS) is 14.6. The van der Waals surface area contributed by atoms with E-state index in [1.54, 1.807) is 19.1 Å². The van der Waals surface area contributed by atoms with E-state index in [-0.39, 0.29) is 5.91 Å². The molecule has 162 valence electrons. The number of alkyl halides is 3. The number of nitrogens with zero attached hydrogens (tertiary/aromatic N) is 3. The highest BCUT2D eigenvalue weighted by molar-refractivity contribution is 5.76. The number of piperazine rings is 1. The maximum atomic E-state index is 12.7. The Balaban J connectivity index is 1.50. The average molecular weight is 423 g/mol. The van der Waals surface area contributed by atoms with Crippen molar-refractivity contribution in [2.75, 3.05) is 45.3 Å². The molecule has 30 heavy (non-hydrogen) atoms. The van der Waals surface area contributed by atoms with Crippen molar-refractivity contribution in [1.82, 2.24) is 9.88 Å². The summed E-state index contributed by atoms with van der Waals surface area (Å²) >= 11 is 0. The molecule has 2 heterocycles. The summed E-state index contributed by atoms with van der Waals surface area (Å²) in [7, 11) is 3.14. The van der Waals surface area contributed by atoms with E-state index >= 15 is 0 Å². The predicted octanol–water partition coefficient (Wildman–Crippen LogP) is 3.40. The Morgan fingerprint density at radius 2 is 1.73 bits per heavy atom. The molecule has 0 aliphatic carbocycles. The van der Waals surface area contributed by atoms with Crippen LogP contribution in [0.15, 0.2) is 36.5 Å². The topological polar surface area (TPSA) is 54.9 Å². The maximum absolute atomic E-state index is 12.7. The van der Waals surface area contributed by atoms with Crippen LogP contribution in [0.3, 0.4) is 0 Å². The molecule has 1 fully saturated rings. The molecule has 3 rings (SSSR count). The van der Waals surface area contributed by atoms with Crippen LogP contribution >= 0.6 is 0 Å². The second kappa shape index (κ2) is 9.23. The molecular weight excluding hydrogens is 399 g/mol. The fourth-order valence-electron chi connectivity index (χ4n) is 3.37. The number of halogens is 3. The molecule has 1 aliphatic rings. The van der Waals surface area contributed by atoms with Crippen LogP contribution in [0.1, 0.15) is 17.5 Å². The third kappa shape index (κ3) is 5.14. The van der Waals surface area contributed by atoms with Gasteiger partial charge in [-0.15, -0.1) is 0 Å². The molecule has 9 heteroatoms. The number of anilines is 1. The van der Waals surface area contributed by atoms with Crippen LogP contribution in [0, 0.1) is 0 Å². The summed E-state index contributed by atoms with van der Waals surface area (Å²) in [6.45, 7) is 2.07. The van der Waals surface area contributed by atoms with Gasteiger partial charge in [0.15, 0.2) is 11.5 Å². The highest BCUT2D eigenvalue weighted by Gasteiger charge is 2.31. The van der Waals surface area contributed by atoms with Gasteiger partial charge in [-0.1, -0.05) is 6.07 Å². The van der Waals surface area contributed by atoms with Crippen molar-refractivity contribution < 1.29 is 27.4 Å². The van der Waals surface area contributed by atoms with Crippen LogP contribution in [-0.2, 0) is 17.4 Å². The second-order valence-corrected chi connectivity index (χ2v) is 6.96. The molecule has 0 radical (unpaired) electrons. The summed E-state index contributed by atoms with van der Waals surface area (Å²) < 4.78 is 48.5. The zero-order valence-corrected chi connectivity index (χ0v) is 16.9. The van der Waals surface area contributed by atoms with Crippen LogP contribution in [-0.4, -0.2) is 56.2 Å². The number of rotatable bonds is 6. The first-order valence-electron chi connectivity index (χ1n) is 9.58. The number of aromatic nitrogens is 1. The van der Waals surface area contributed by atoms with E-state index in [1.807, 2.05) is 23.1 Å². The van der Waals surface area contributed by atoms with Gasteiger partial charge in [-0.3, -0.25) is 4.79 Å². The summed E-state index contributed by atoms with van der Waals surface area (Å²) in [5.74, 6) is 1.80. The third-order valence-electron chi connectivity index (χ3n) is 5.11. The van der Waals surface area contributed by atoms with E-state index in [0.717, 1.165) is 17.8 Å². The van der Waals surface area contributed by atoms with Crippen molar-refractivity contribution in [2.45, 2.75) is 19.0 Å². The molecule has 0 N–H and O–H groups in total. The standard InChI is InChI=1S/C21H24F3N3O3/c1-29-17-6-3-15(13-18(17)30-2)4-8-20(28)27-11-9-26(10-12-27)19-7-5-16(14-25-19)21(22,23)24/h3,5-7,13-14H,4,8-12H2,1-2H3. The van der Waals surface area contributed by atoms with Gasteiger partial charge in [0.05, 0.1) is 19.8 Å². The van der Waals surface area contributed by atoms with E-state index in [4.69, 9.17) is 9.47 Å². The number of hydrogen-bond donors (Lipinski definition) is 0. The van der Waals surface area contributed by atoms with Gasteiger partial charge in [-0.25, -0.2) is 4.98 Å². The van der Waals surface area contributed by atoms with E-state index in [0.29, 0.717) is 56.3 Å². The first-order valence-corrected chi connectivity index (χ1v) is 9.58. The number of carbonyl (C=O) groups excluding carboxylic acids is 1. The molecule has 0 bridgehead atoms. The van der Waals surface area contributed by atoms with Crippen LogP contribution in [0.25, 0.3) is 0 Å². The third-order valence-corrected chi connectivity index (χ3v) is 5.11. The van der Waals surface area contributed by atoms with Gasteiger partial charge in [0.2, 0.25) is 5.91 Å². The number of ether oxygens (including phenoxy) is 2. The summed E-state index contributed by atoms with van der Waals surface area (Å²) in [6, 6.07) is 7.98. The predicted molar refractivity (Wildman–Crippen MR) is 106 cm³/mol. The molecule has 1 aromatic carbocycles. The van der Waals surface area contributed by atoms with Crippen molar-refractivity contribution in [1.29, 1.82) is 0 Å². The number of methoxy groups -OCH3 is 2. The van der Waals surface area contributed by atoms with E-state index in [9.17, 15) is 18.0 Å². The lowest BCUT2D eigenvalue weighted by Gasteiger charge is -2.35. The molecule has 6 nitrogen and oxygen atoms in total. The van der Waals surface area contributed by atoms with Gasteiger partial charge in [0.1, 0.15) is 5.82 Å². The molecular formula is C21H24F3N3O3. The average Bonchev–Trinajstić information content (AvgIpc) is 2.76. The summed E-state index contributed by atoms with van der Waals surface area (Å²) in [5.41, 5.74) is 0.212. The van der Waals surface area contributed by atoms with Gasteiger partial charge >= 0.3 is 6.18 Å². The van der Waals surface area contributed by atoms with Crippen LogP contribution < -0.4 is 14.4 Å². The van der Waals surface area contributed by atoms with Crippen molar-refractivity contribution in [3.63, 3.8) is 0 Å². The lowest BCUT2D eigenvalue weighted by atomic mass is 10.1. The number of benzene rings is 1. The quantitative estimate of drug-likeness (QED) is 0.713. The minimum Gasteiger partial charge on any atom is -0.493 e. The first kappa shape index (κ1) is 21.7. The van der Waals surface area contributed by atoms with Crippen molar-refractivity contribution in [2.24, 2.45) is 0 Å². The van der Waals surface area contributed by atoms with Gasteiger partial charge < -0.3 is 19.3 Å². The number of aryl methyl sites for hydroxylation is 1. The fraction of sp³-hybridized carbons (Fsp3) is 0.429. The fourth-order valence-corrected chi connectivity index (χ4v) is 3.37. The molecule has 1 aliphatic heterocycles. The molecule has 1 aromatic heterocycles. The molecule has 2 aromatic rings. The van der Waals surface area contributed by atoms with Gasteiger partial charge in [-0.05, 0) is 36.2 Å². The zero-order chi connectivity index (χ0) is 21.7. The Hall–Kier alpha value is -2.97. The minimum atomic E-state index is -4.40. The number of amides is 1. The Kier molecular flexibility index (Phi) is 6.69. The van der Waals surface area contributed by atoms with E-state index < -0.39 is 11.7 Å². The van der Waals surface area contributed by atoms with E-state index in [2.05, 4.69) is 4.98 Å². The Morgan fingerprint density at radius 3 is 2.30 bits per heavy atom. The lowest BCUT2D eigenvalue weighted by molar-refractivity contribution is -0.137. The molecule has 1 amide bonds. The Morgan fingerprint density at radius 1 is 1.03 bits per heavy atom. The molecule has 0 unspecified atom stereocenters. The SMILES string of the molecule is COc1ccc(CCC(=O)N2CCN(c3ccc(C(F)(F)F)cn3)CC2)cc1OC. The smallest absolute Gasteiger partial charge is 0.417 e. The highest BCUT2D eigenvalue weighted by Crippen LogP contribution is 2.30. The Labute approximate surface area is 173 Å². The maximum Gasteiger partial charge on any atom is 0.417 e. The van der Waals surface area contributed by atoms with Crippen molar-refractivity contribution in [3.05, 3.63) is 47.7 Å². The lowest BCUT2D eigenvalue weighted by Crippen LogP contribution is -2.49. The molecule has 0 spiro atoms.